The van der Waals surface area contributed by atoms with Gasteiger partial charge < -0.3 is 20.1 Å². The minimum Gasteiger partial charge on any atom is -0.497 e. The molecule has 1 aromatic heterocycles. The summed E-state index contributed by atoms with van der Waals surface area (Å²) in [5, 5.41) is 5.22. The Morgan fingerprint density at radius 1 is 0.905 bits per heavy atom. The molecule has 0 saturated carbocycles. The first kappa shape index (κ1) is 32.7. The summed E-state index contributed by atoms with van der Waals surface area (Å²) >= 11 is 12.2. The second-order valence-corrected chi connectivity index (χ2v) is 10.4. The number of methoxy groups -OCH3 is 1. The maximum absolute atomic E-state index is 13.7. The Morgan fingerprint density at radius 3 is 2.07 bits per heavy atom. The summed E-state index contributed by atoms with van der Waals surface area (Å²) in [7, 11) is 1.43. The second-order valence-electron chi connectivity index (χ2n) is 9.54. The van der Waals surface area contributed by atoms with Crippen LogP contribution in [0.2, 0.25) is 10.0 Å². The van der Waals surface area contributed by atoms with Crippen molar-refractivity contribution in [2.45, 2.75) is 44.6 Å². The van der Waals surface area contributed by atoms with Gasteiger partial charge >= 0.3 is 6.18 Å². The number of ketones is 1. The highest BCUT2D eigenvalue weighted by Gasteiger charge is 2.45. The Morgan fingerprint density at radius 2 is 1.55 bits per heavy atom. The Bertz CT molecular complexity index is 1370. The van der Waals surface area contributed by atoms with Crippen molar-refractivity contribution < 1.29 is 37.0 Å². The number of alkyl halides is 3. The van der Waals surface area contributed by atoms with Crippen molar-refractivity contribution in [1.29, 1.82) is 0 Å². The van der Waals surface area contributed by atoms with Crippen LogP contribution in [0.25, 0.3) is 0 Å². The van der Waals surface area contributed by atoms with E-state index in [4.69, 9.17) is 32.7 Å². The van der Waals surface area contributed by atoms with E-state index in [1.807, 2.05) is 0 Å². The monoisotopic (exact) mass is 625 g/mol. The highest BCUT2D eigenvalue weighted by Crippen LogP contribution is 2.27. The number of halogens is 5. The topological polar surface area (TPSA) is 107 Å². The molecule has 0 aliphatic carbocycles. The largest absolute Gasteiger partial charge is 0.497 e. The molecule has 2 N–H and O–H groups in total. The van der Waals surface area contributed by atoms with Gasteiger partial charge in [0.1, 0.15) is 17.5 Å². The normalized spacial score (nSPS) is 13.5. The van der Waals surface area contributed by atoms with Crippen molar-refractivity contribution >= 4 is 40.8 Å². The summed E-state index contributed by atoms with van der Waals surface area (Å²) in [6.07, 6.45) is -4.98. The number of ether oxygens (including phenoxy) is 2. The molecule has 2 aromatic carbocycles. The predicted molar refractivity (Wildman–Crippen MR) is 151 cm³/mol. The summed E-state index contributed by atoms with van der Waals surface area (Å²) in [5.41, 5.74) is 0.692. The van der Waals surface area contributed by atoms with Gasteiger partial charge in [0.15, 0.2) is 6.10 Å². The second kappa shape index (κ2) is 14.4. The van der Waals surface area contributed by atoms with E-state index in [0.29, 0.717) is 11.4 Å². The molecular formula is C29H28Cl2F3N3O5. The number of rotatable bonds is 12. The third kappa shape index (κ3) is 9.09. The summed E-state index contributed by atoms with van der Waals surface area (Å²) in [5.74, 6) is -4.25. The maximum atomic E-state index is 13.7. The zero-order chi connectivity index (χ0) is 31.0. The number of nitrogens with zero attached hydrogens (tertiary/aromatic N) is 1. The van der Waals surface area contributed by atoms with Crippen LogP contribution >= 0.6 is 23.2 Å². The van der Waals surface area contributed by atoms with Gasteiger partial charge in [0.2, 0.25) is 5.91 Å². The zero-order valence-corrected chi connectivity index (χ0v) is 24.3. The minimum absolute atomic E-state index is 0.0467. The number of nitrogens with one attached hydrogen (secondary N) is 2. The average Bonchev–Trinajstić information content (AvgIpc) is 2.93. The zero-order valence-electron chi connectivity index (χ0n) is 22.7. The molecule has 0 fully saturated rings. The smallest absolute Gasteiger partial charge is 0.452 e. The highest BCUT2D eigenvalue weighted by molar-refractivity contribution is 6.34. The summed E-state index contributed by atoms with van der Waals surface area (Å²) < 4.78 is 50.9. The first-order valence-electron chi connectivity index (χ1n) is 12.7. The van der Waals surface area contributed by atoms with Crippen LogP contribution in [0.4, 0.5) is 13.2 Å². The number of Topliss-reactive ketones (excluding diaryl/α,β-unsaturated/α-hetero) is 1. The molecule has 0 spiro atoms. The van der Waals surface area contributed by atoms with Crippen LogP contribution in [0.3, 0.4) is 0 Å². The molecule has 13 heteroatoms. The molecule has 3 rings (SSSR count). The molecular weight excluding hydrogens is 598 g/mol. The molecule has 8 nitrogen and oxygen atoms in total. The molecule has 1 heterocycles. The van der Waals surface area contributed by atoms with E-state index in [9.17, 15) is 27.6 Å². The SMILES string of the molecule is COc1ccc([C@H](NC(=O)[C@@H](Cc2ccccn2)Oc2cc(Cl)cc(Cl)c2)C(=O)N[C@H](C(=O)C(F)(F)F)C(C)C)cc1. The van der Waals surface area contributed by atoms with Crippen LogP contribution in [-0.2, 0) is 20.8 Å². The maximum Gasteiger partial charge on any atom is 0.452 e. The van der Waals surface area contributed by atoms with Gasteiger partial charge in [-0.05, 0) is 53.9 Å². The number of pyridine rings is 1. The van der Waals surface area contributed by atoms with Crippen LogP contribution in [0.1, 0.15) is 31.1 Å². The lowest BCUT2D eigenvalue weighted by Gasteiger charge is -2.27. The van der Waals surface area contributed by atoms with Gasteiger partial charge in [-0.15, -0.1) is 0 Å². The average molecular weight is 626 g/mol. The Balaban J connectivity index is 1.96. The van der Waals surface area contributed by atoms with E-state index in [0.717, 1.165) is 0 Å². The fourth-order valence-corrected chi connectivity index (χ4v) is 4.44. The van der Waals surface area contributed by atoms with Gasteiger partial charge in [-0.25, -0.2) is 0 Å². The van der Waals surface area contributed by atoms with Crippen molar-refractivity contribution in [3.8, 4) is 11.5 Å². The molecule has 3 atom stereocenters. The lowest BCUT2D eigenvalue weighted by molar-refractivity contribution is -0.175. The van der Waals surface area contributed by atoms with Crippen LogP contribution in [0, 0.1) is 5.92 Å². The molecule has 224 valence electrons. The van der Waals surface area contributed by atoms with E-state index in [-0.39, 0.29) is 27.8 Å². The number of carbonyl (C=O) groups is 3. The van der Waals surface area contributed by atoms with Gasteiger partial charge in [-0.2, -0.15) is 13.2 Å². The minimum atomic E-state index is -5.18. The molecule has 0 saturated heterocycles. The number of carbonyl (C=O) groups excluding carboxylic acids is 3. The first-order chi connectivity index (χ1) is 19.8. The lowest BCUT2D eigenvalue weighted by Crippen LogP contribution is -2.53. The third-order valence-electron chi connectivity index (χ3n) is 6.05. The summed E-state index contributed by atoms with van der Waals surface area (Å²) in [6.45, 7) is 2.73. The quantitative estimate of drug-likeness (QED) is 0.275. The van der Waals surface area contributed by atoms with Crippen LogP contribution < -0.4 is 20.1 Å². The van der Waals surface area contributed by atoms with Gasteiger partial charge in [-0.3, -0.25) is 19.4 Å². The number of hydrogen-bond acceptors (Lipinski definition) is 6. The van der Waals surface area contributed by atoms with Crippen molar-refractivity contribution in [2.24, 2.45) is 5.92 Å². The molecule has 0 radical (unpaired) electrons. The van der Waals surface area contributed by atoms with E-state index in [1.54, 1.807) is 18.2 Å². The summed E-state index contributed by atoms with van der Waals surface area (Å²) in [4.78, 5) is 43.4. The van der Waals surface area contributed by atoms with Gasteiger partial charge in [0.25, 0.3) is 11.7 Å². The van der Waals surface area contributed by atoms with E-state index in [1.165, 1.54) is 69.6 Å². The Labute approximate surface area is 250 Å². The van der Waals surface area contributed by atoms with Crippen LogP contribution in [-0.4, -0.2) is 48.0 Å². The molecule has 2 amide bonds. The highest BCUT2D eigenvalue weighted by atomic mass is 35.5. The molecule has 42 heavy (non-hydrogen) atoms. The Kier molecular flexibility index (Phi) is 11.2. The summed E-state index contributed by atoms with van der Waals surface area (Å²) in [6, 6.07) is 12.0. The van der Waals surface area contributed by atoms with Crippen molar-refractivity contribution in [3.05, 3.63) is 88.2 Å². The molecule has 0 unspecified atom stereocenters. The predicted octanol–water partition coefficient (Wildman–Crippen LogP) is 5.52. The number of aromatic nitrogens is 1. The van der Waals surface area contributed by atoms with Crippen LogP contribution in [0.5, 0.6) is 11.5 Å². The van der Waals surface area contributed by atoms with E-state index >= 15 is 0 Å². The Hall–Kier alpha value is -3.83. The standard InChI is InChI=1S/C29H28Cl2F3N3O5/c1-16(2)24(26(38)29(32,33)34)36-28(40)25(17-7-9-21(41-3)10-8-17)37-27(39)23(15-20-6-4-5-11-35-20)42-22-13-18(30)12-19(31)14-22/h4-14,16,23-25H,15H2,1-3H3,(H,36,40)(H,37,39)/t23-,24+,25+/m1/s1. The van der Waals surface area contributed by atoms with Crippen molar-refractivity contribution in [3.63, 3.8) is 0 Å². The third-order valence-corrected chi connectivity index (χ3v) is 6.49. The van der Waals surface area contributed by atoms with E-state index < -0.39 is 47.9 Å². The van der Waals surface area contributed by atoms with E-state index in [2.05, 4.69) is 15.6 Å². The molecule has 3 aromatic rings. The van der Waals surface area contributed by atoms with Crippen LogP contribution in [0.15, 0.2) is 66.9 Å². The van der Waals surface area contributed by atoms with Gasteiger partial charge in [0, 0.05) is 28.4 Å². The molecule has 0 aliphatic heterocycles. The molecule has 0 bridgehead atoms. The lowest BCUT2D eigenvalue weighted by atomic mass is 9.97. The fraction of sp³-hybridized carbons (Fsp3) is 0.310. The number of benzene rings is 2. The molecule has 0 aliphatic rings. The first-order valence-corrected chi connectivity index (χ1v) is 13.4. The number of hydrogen-bond donors (Lipinski definition) is 2. The van der Waals surface area contributed by atoms with Crippen molar-refractivity contribution in [1.82, 2.24) is 15.6 Å². The van der Waals surface area contributed by atoms with Crippen molar-refractivity contribution in [2.75, 3.05) is 7.11 Å². The number of amides is 2. The van der Waals surface area contributed by atoms with Gasteiger partial charge in [0.05, 0.1) is 13.2 Å². The van der Waals surface area contributed by atoms with Gasteiger partial charge in [-0.1, -0.05) is 55.2 Å². The fourth-order valence-electron chi connectivity index (χ4n) is 3.94.